The van der Waals surface area contributed by atoms with Gasteiger partial charge in [-0.3, -0.25) is 9.59 Å². The van der Waals surface area contributed by atoms with Gasteiger partial charge in [-0.25, -0.2) is 0 Å². The molecule has 0 saturated heterocycles. The van der Waals surface area contributed by atoms with Gasteiger partial charge in [0.25, 0.3) is 5.91 Å². The normalized spacial score (nSPS) is 12.3. The highest BCUT2D eigenvalue weighted by Crippen LogP contribution is 2.33. The van der Waals surface area contributed by atoms with Crippen LogP contribution in [0.4, 0.5) is 0 Å². The van der Waals surface area contributed by atoms with Crippen molar-refractivity contribution in [3.63, 3.8) is 0 Å². The Balaban J connectivity index is 1.78. The fraction of sp³-hybridized carbons (Fsp3) is 0.357. The van der Waals surface area contributed by atoms with Crippen LogP contribution in [0.2, 0.25) is 0 Å². The summed E-state index contributed by atoms with van der Waals surface area (Å²) in [5, 5.41) is 5.13. The number of ether oxygens (including phenoxy) is 1. The van der Waals surface area contributed by atoms with Gasteiger partial charge in [0.15, 0.2) is 6.61 Å². The molecule has 34 heavy (non-hydrogen) atoms. The van der Waals surface area contributed by atoms with Gasteiger partial charge >= 0.3 is 0 Å². The maximum atomic E-state index is 13.4. The monoisotopic (exact) mass is 524 g/mol. The zero-order valence-electron chi connectivity index (χ0n) is 20.3. The van der Waals surface area contributed by atoms with E-state index >= 15 is 0 Å². The quantitative estimate of drug-likeness (QED) is 0.387. The summed E-state index contributed by atoms with van der Waals surface area (Å²) in [4.78, 5) is 28.1. The Morgan fingerprint density at radius 2 is 1.68 bits per heavy atom. The molecule has 0 fully saturated rings. The molecule has 6 heteroatoms. The molecule has 3 aromatic rings. The predicted molar refractivity (Wildman–Crippen MR) is 141 cm³/mol. The van der Waals surface area contributed by atoms with E-state index < -0.39 is 6.04 Å². The Morgan fingerprint density at radius 1 is 1.00 bits per heavy atom. The molecule has 2 amide bonds. The van der Waals surface area contributed by atoms with Crippen LogP contribution in [0.3, 0.4) is 0 Å². The largest absolute Gasteiger partial charge is 0.483 e. The highest BCUT2D eigenvalue weighted by atomic mass is 79.9. The lowest BCUT2D eigenvalue weighted by Crippen LogP contribution is -2.54. The number of hydrogen-bond donors (Lipinski definition) is 1. The number of hydrogen-bond acceptors (Lipinski definition) is 3. The fourth-order valence-electron chi connectivity index (χ4n) is 3.90. The lowest BCUT2D eigenvalue weighted by atomic mass is 10.1. The maximum Gasteiger partial charge on any atom is 0.261 e. The minimum Gasteiger partial charge on any atom is -0.483 e. The Morgan fingerprint density at radius 3 is 2.35 bits per heavy atom. The minimum atomic E-state index is -0.570. The molecule has 0 aliphatic rings. The average molecular weight is 525 g/mol. The number of fused-ring (bicyclic) bond motifs is 1. The van der Waals surface area contributed by atoms with E-state index in [0.29, 0.717) is 25.1 Å². The van der Waals surface area contributed by atoms with Gasteiger partial charge in [0, 0.05) is 12.1 Å². The van der Waals surface area contributed by atoms with E-state index in [-0.39, 0.29) is 24.0 Å². The van der Waals surface area contributed by atoms with Crippen molar-refractivity contribution < 1.29 is 14.3 Å². The highest BCUT2D eigenvalue weighted by molar-refractivity contribution is 9.10. The smallest absolute Gasteiger partial charge is 0.261 e. The first-order valence-corrected chi connectivity index (χ1v) is 12.4. The van der Waals surface area contributed by atoms with Crippen LogP contribution in [0, 0.1) is 0 Å². The van der Waals surface area contributed by atoms with E-state index in [1.807, 2.05) is 94.4 Å². The molecule has 0 spiro atoms. The summed E-state index contributed by atoms with van der Waals surface area (Å²) in [6.07, 6.45) is 1.17. The van der Waals surface area contributed by atoms with Crippen LogP contribution in [0.1, 0.15) is 39.7 Å². The second-order valence-electron chi connectivity index (χ2n) is 9.37. The summed E-state index contributed by atoms with van der Waals surface area (Å²) >= 11 is 3.62. The predicted octanol–water partition coefficient (Wildman–Crippen LogP) is 5.75. The third kappa shape index (κ3) is 6.83. The van der Waals surface area contributed by atoms with Crippen molar-refractivity contribution >= 4 is 38.5 Å². The maximum absolute atomic E-state index is 13.4. The van der Waals surface area contributed by atoms with Crippen LogP contribution in [0.25, 0.3) is 10.8 Å². The zero-order chi connectivity index (χ0) is 24.7. The summed E-state index contributed by atoms with van der Waals surface area (Å²) in [7, 11) is 0. The van der Waals surface area contributed by atoms with E-state index in [4.69, 9.17) is 4.74 Å². The van der Waals surface area contributed by atoms with Gasteiger partial charge in [0.2, 0.25) is 5.91 Å². The lowest BCUT2D eigenvalue weighted by molar-refractivity contribution is -0.142. The number of halogens is 1. The highest BCUT2D eigenvalue weighted by Gasteiger charge is 2.30. The topological polar surface area (TPSA) is 58.6 Å². The molecule has 0 heterocycles. The first-order chi connectivity index (χ1) is 16.2. The molecule has 0 bridgehead atoms. The number of rotatable bonds is 9. The molecule has 180 valence electrons. The van der Waals surface area contributed by atoms with Crippen LogP contribution < -0.4 is 10.1 Å². The summed E-state index contributed by atoms with van der Waals surface area (Å²) in [6, 6.07) is 21.2. The molecule has 5 nitrogen and oxygen atoms in total. The number of benzene rings is 3. The van der Waals surface area contributed by atoms with E-state index in [2.05, 4.69) is 21.2 Å². The molecule has 0 saturated carbocycles. The molecule has 0 aromatic heterocycles. The van der Waals surface area contributed by atoms with Crippen molar-refractivity contribution in [3.8, 4) is 5.75 Å². The standard InChI is InChI=1S/C28H33BrN2O3/c1-5-23(27(33)30-28(2,3)4)31(18-17-20-11-7-6-8-12-20)25(32)19-34-24-16-15-21-13-9-10-14-22(21)26(24)29/h6-16,23H,5,17-19H2,1-4H3,(H,30,33)/t23-/m1/s1. The van der Waals surface area contributed by atoms with E-state index in [9.17, 15) is 9.59 Å². The third-order valence-corrected chi connectivity index (χ3v) is 6.37. The Kier molecular flexibility index (Phi) is 8.72. The van der Waals surface area contributed by atoms with Gasteiger partial charge in [0.1, 0.15) is 11.8 Å². The molecule has 3 rings (SSSR count). The Bertz CT molecular complexity index is 1130. The first kappa shape index (κ1) is 25.8. The van der Waals surface area contributed by atoms with Gasteiger partial charge in [-0.05, 0) is 71.9 Å². The van der Waals surface area contributed by atoms with Gasteiger partial charge < -0.3 is 15.0 Å². The Labute approximate surface area is 210 Å². The van der Waals surface area contributed by atoms with Crippen LogP contribution in [-0.4, -0.2) is 41.4 Å². The van der Waals surface area contributed by atoms with Crippen molar-refractivity contribution in [1.29, 1.82) is 0 Å². The molecule has 0 radical (unpaired) electrons. The molecular weight excluding hydrogens is 492 g/mol. The second kappa shape index (κ2) is 11.5. The first-order valence-electron chi connectivity index (χ1n) is 11.6. The molecule has 0 unspecified atom stereocenters. The Hall–Kier alpha value is -2.86. The van der Waals surface area contributed by atoms with Gasteiger partial charge in [-0.2, -0.15) is 0 Å². The zero-order valence-corrected chi connectivity index (χ0v) is 21.9. The number of nitrogens with zero attached hydrogens (tertiary/aromatic N) is 1. The average Bonchev–Trinajstić information content (AvgIpc) is 2.80. The molecule has 0 aliphatic heterocycles. The van der Waals surface area contributed by atoms with Gasteiger partial charge in [-0.15, -0.1) is 0 Å². The SMILES string of the molecule is CC[C@H](C(=O)NC(C)(C)C)N(CCc1ccccc1)C(=O)COc1ccc2ccccc2c1Br. The minimum absolute atomic E-state index is 0.148. The van der Waals surface area contributed by atoms with Crippen LogP contribution in [-0.2, 0) is 16.0 Å². The second-order valence-corrected chi connectivity index (χ2v) is 10.2. The molecule has 1 N–H and O–H groups in total. The van der Waals surface area contributed by atoms with Crippen molar-refractivity contribution in [2.75, 3.05) is 13.2 Å². The number of amides is 2. The number of carbonyl (C=O) groups is 2. The van der Waals surface area contributed by atoms with Crippen molar-refractivity contribution in [1.82, 2.24) is 10.2 Å². The number of nitrogens with one attached hydrogen (secondary N) is 1. The van der Waals surface area contributed by atoms with Crippen molar-refractivity contribution in [2.24, 2.45) is 0 Å². The van der Waals surface area contributed by atoms with Crippen molar-refractivity contribution in [3.05, 3.63) is 76.8 Å². The van der Waals surface area contributed by atoms with Crippen LogP contribution in [0.15, 0.2) is 71.2 Å². The third-order valence-electron chi connectivity index (χ3n) is 5.55. The van der Waals surface area contributed by atoms with E-state index in [1.165, 1.54) is 0 Å². The molecule has 0 aliphatic carbocycles. The van der Waals surface area contributed by atoms with E-state index in [1.54, 1.807) is 4.90 Å². The molecular formula is C28H33BrN2O3. The van der Waals surface area contributed by atoms with Crippen LogP contribution in [0.5, 0.6) is 5.75 Å². The van der Waals surface area contributed by atoms with Crippen molar-refractivity contribution in [2.45, 2.75) is 52.1 Å². The van der Waals surface area contributed by atoms with Gasteiger partial charge in [-0.1, -0.05) is 67.6 Å². The molecule has 1 atom stereocenters. The lowest BCUT2D eigenvalue weighted by Gasteiger charge is -2.33. The van der Waals surface area contributed by atoms with Gasteiger partial charge in [0.05, 0.1) is 4.47 Å². The van der Waals surface area contributed by atoms with E-state index in [0.717, 1.165) is 20.8 Å². The molecule has 3 aromatic carbocycles. The fourth-order valence-corrected chi connectivity index (χ4v) is 4.50. The summed E-state index contributed by atoms with van der Waals surface area (Å²) in [5.41, 5.74) is 0.732. The summed E-state index contributed by atoms with van der Waals surface area (Å²) < 4.78 is 6.76. The summed E-state index contributed by atoms with van der Waals surface area (Å²) in [5.74, 6) is 0.234. The number of carbonyl (C=O) groups excluding carboxylic acids is 2. The summed E-state index contributed by atoms with van der Waals surface area (Å²) in [6.45, 7) is 8.03. The van der Waals surface area contributed by atoms with Crippen LogP contribution >= 0.6 is 15.9 Å².